The Morgan fingerprint density at radius 2 is 1.71 bits per heavy atom. The molecule has 0 fully saturated rings. The molecule has 3 aromatic rings. The fraction of sp³-hybridized carbons (Fsp3) is 0.333. The van der Waals surface area contributed by atoms with Crippen molar-refractivity contribution in [2.75, 3.05) is 10.0 Å². The van der Waals surface area contributed by atoms with Crippen LogP contribution >= 0.6 is 0 Å². The summed E-state index contributed by atoms with van der Waals surface area (Å²) >= 11 is 0. The average Bonchev–Trinajstić information content (AvgIpc) is 3.00. The summed E-state index contributed by atoms with van der Waals surface area (Å²) in [6, 6.07) is 7.38. The van der Waals surface area contributed by atoms with Crippen LogP contribution in [-0.2, 0) is 21.4 Å². The summed E-state index contributed by atoms with van der Waals surface area (Å²) in [6.07, 6.45) is 0. The van der Waals surface area contributed by atoms with Crippen LogP contribution in [-0.4, -0.2) is 39.0 Å². The quantitative estimate of drug-likeness (QED) is 0.362. The van der Waals surface area contributed by atoms with Crippen molar-refractivity contribution < 1.29 is 18.1 Å². The van der Waals surface area contributed by atoms with Gasteiger partial charge in [0.25, 0.3) is 10.0 Å². The van der Waals surface area contributed by atoms with Gasteiger partial charge in [-0.1, -0.05) is 6.92 Å². The van der Waals surface area contributed by atoms with Crippen LogP contribution in [0.3, 0.4) is 0 Å². The number of carbonyl (C=O) groups excluding carboxylic acids is 1. The highest BCUT2D eigenvalue weighted by atomic mass is 32.2. The zero-order valence-corrected chi connectivity index (χ0v) is 20.2. The van der Waals surface area contributed by atoms with Gasteiger partial charge in [-0.05, 0) is 58.0 Å². The van der Waals surface area contributed by atoms with Gasteiger partial charge in [-0.2, -0.15) is 5.10 Å². The fourth-order valence-electron chi connectivity index (χ4n) is 3.41. The predicted molar refractivity (Wildman–Crippen MR) is 125 cm³/mol. The summed E-state index contributed by atoms with van der Waals surface area (Å²) in [5.41, 5.74) is 2.26. The number of sulfonamides is 1. The molecule has 0 spiro atoms. The highest BCUT2D eigenvalue weighted by Crippen LogP contribution is 2.23. The molecule has 0 bridgehead atoms. The largest absolute Gasteiger partial charge is 0.326 e. The Hall–Kier alpha value is -3.87. The van der Waals surface area contributed by atoms with E-state index in [4.69, 9.17) is 0 Å². The molecule has 1 aromatic carbocycles. The monoisotopic (exact) mass is 487 g/mol. The molecular formula is C21H25N7O5S. The third kappa shape index (κ3) is 5.54. The first-order valence-electron chi connectivity index (χ1n) is 10.3. The summed E-state index contributed by atoms with van der Waals surface area (Å²) in [7, 11) is -3.92. The minimum Gasteiger partial charge on any atom is -0.326 e. The van der Waals surface area contributed by atoms with Gasteiger partial charge in [0.15, 0.2) is 0 Å². The van der Waals surface area contributed by atoms with Crippen molar-refractivity contribution in [3.63, 3.8) is 0 Å². The molecule has 1 unspecified atom stereocenters. The molecule has 180 valence electrons. The number of aryl methyl sites for hydroxylation is 3. The van der Waals surface area contributed by atoms with Crippen molar-refractivity contribution in [1.82, 2.24) is 19.7 Å². The van der Waals surface area contributed by atoms with Crippen LogP contribution in [0.2, 0.25) is 0 Å². The first-order chi connectivity index (χ1) is 15.9. The van der Waals surface area contributed by atoms with E-state index in [-0.39, 0.29) is 34.7 Å². The van der Waals surface area contributed by atoms with Crippen LogP contribution in [0.15, 0.2) is 35.2 Å². The number of benzene rings is 1. The van der Waals surface area contributed by atoms with Gasteiger partial charge < -0.3 is 5.32 Å². The van der Waals surface area contributed by atoms with Crippen molar-refractivity contribution in [3.05, 3.63) is 63.2 Å². The van der Waals surface area contributed by atoms with Gasteiger partial charge in [0, 0.05) is 17.1 Å². The Morgan fingerprint density at radius 3 is 2.24 bits per heavy atom. The van der Waals surface area contributed by atoms with Gasteiger partial charge in [-0.25, -0.2) is 23.1 Å². The minimum absolute atomic E-state index is 0.0174. The molecule has 0 saturated heterocycles. The van der Waals surface area contributed by atoms with Crippen molar-refractivity contribution in [3.8, 4) is 0 Å². The smallest absolute Gasteiger partial charge is 0.312 e. The highest BCUT2D eigenvalue weighted by Gasteiger charge is 2.24. The molecular weight excluding hydrogens is 462 g/mol. The van der Waals surface area contributed by atoms with E-state index in [9.17, 15) is 23.3 Å². The van der Waals surface area contributed by atoms with E-state index < -0.39 is 20.9 Å². The lowest BCUT2D eigenvalue weighted by Crippen LogP contribution is -2.25. The summed E-state index contributed by atoms with van der Waals surface area (Å²) in [4.78, 5) is 31.4. The normalized spacial score (nSPS) is 12.3. The molecule has 0 aliphatic rings. The van der Waals surface area contributed by atoms with Crippen molar-refractivity contribution in [2.45, 2.75) is 46.1 Å². The molecule has 12 nitrogen and oxygen atoms in total. The molecule has 0 saturated carbocycles. The summed E-state index contributed by atoms with van der Waals surface area (Å²) in [6.45, 7) is 8.42. The molecule has 34 heavy (non-hydrogen) atoms. The van der Waals surface area contributed by atoms with Crippen molar-refractivity contribution >= 4 is 33.3 Å². The molecule has 1 atom stereocenters. The van der Waals surface area contributed by atoms with E-state index in [1.165, 1.54) is 28.9 Å². The van der Waals surface area contributed by atoms with Gasteiger partial charge in [0.05, 0.1) is 22.3 Å². The van der Waals surface area contributed by atoms with Gasteiger partial charge in [-0.15, -0.1) is 0 Å². The number of amides is 1. The zero-order valence-electron chi connectivity index (χ0n) is 19.4. The Labute approximate surface area is 196 Å². The van der Waals surface area contributed by atoms with Gasteiger partial charge in [0.1, 0.15) is 11.4 Å². The van der Waals surface area contributed by atoms with Gasteiger partial charge in [0.2, 0.25) is 11.9 Å². The van der Waals surface area contributed by atoms with E-state index in [0.717, 1.165) is 0 Å². The standard InChI is InChI=1S/C21H25N7O5S/c1-12(11-27-16(5)19(28(30)31)15(4)25-27)20(29)24-17-6-8-18(9-7-17)34(32,33)26-21-22-13(2)10-14(3)23-21/h6-10,12H,11H2,1-5H3,(H,24,29)(H,22,23,26). The average molecular weight is 488 g/mol. The molecule has 0 aliphatic carbocycles. The van der Waals surface area contributed by atoms with Gasteiger partial charge in [-0.3, -0.25) is 19.6 Å². The molecule has 3 rings (SSSR count). The van der Waals surface area contributed by atoms with Crippen LogP contribution < -0.4 is 10.0 Å². The Morgan fingerprint density at radius 1 is 1.12 bits per heavy atom. The molecule has 2 heterocycles. The van der Waals surface area contributed by atoms with Crippen LogP contribution in [0.1, 0.15) is 29.7 Å². The Bertz CT molecular complexity index is 1330. The third-order valence-electron chi connectivity index (χ3n) is 5.06. The number of anilines is 2. The minimum atomic E-state index is -3.92. The number of hydrogen-bond donors (Lipinski definition) is 2. The second-order valence-electron chi connectivity index (χ2n) is 7.95. The Kier molecular flexibility index (Phi) is 6.96. The SMILES string of the molecule is Cc1cc(C)nc(NS(=O)(=O)c2ccc(NC(=O)C(C)Cn3nc(C)c([N+](=O)[O-])c3C)cc2)n1. The fourth-order valence-corrected chi connectivity index (χ4v) is 4.35. The maximum atomic E-state index is 12.6. The molecule has 0 radical (unpaired) electrons. The number of aromatic nitrogens is 4. The number of nitrogens with one attached hydrogen (secondary N) is 2. The molecule has 13 heteroatoms. The first kappa shape index (κ1) is 24.8. The molecule has 2 aromatic heterocycles. The van der Waals surface area contributed by atoms with E-state index in [2.05, 4.69) is 25.1 Å². The highest BCUT2D eigenvalue weighted by molar-refractivity contribution is 7.92. The lowest BCUT2D eigenvalue weighted by Gasteiger charge is -2.14. The molecule has 0 aliphatic heterocycles. The van der Waals surface area contributed by atoms with Crippen molar-refractivity contribution in [2.24, 2.45) is 5.92 Å². The van der Waals surface area contributed by atoms with Crippen molar-refractivity contribution in [1.29, 1.82) is 0 Å². The third-order valence-corrected chi connectivity index (χ3v) is 6.40. The zero-order chi connectivity index (χ0) is 25.2. The maximum Gasteiger partial charge on any atom is 0.312 e. The van der Waals surface area contributed by atoms with E-state index in [1.54, 1.807) is 40.7 Å². The van der Waals surface area contributed by atoms with Crippen LogP contribution in [0.4, 0.5) is 17.3 Å². The van der Waals surface area contributed by atoms with Crippen LogP contribution in [0.25, 0.3) is 0 Å². The lowest BCUT2D eigenvalue weighted by molar-refractivity contribution is -0.386. The summed E-state index contributed by atoms with van der Waals surface area (Å²) in [5, 5.41) is 18.0. The number of hydrogen-bond acceptors (Lipinski definition) is 8. The van der Waals surface area contributed by atoms with E-state index in [1.807, 2.05) is 0 Å². The Balaban J connectivity index is 1.67. The number of carbonyl (C=O) groups is 1. The predicted octanol–water partition coefficient (Wildman–Crippen LogP) is 2.89. The number of nitrogens with zero attached hydrogens (tertiary/aromatic N) is 5. The lowest BCUT2D eigenvalue weighted by atomic mass is 10.1. The maximum absolute atomic E-state index is 12.6. The topological polar surface area (TPSA) is 162 Å². The molecule has 2 N–H and O–H groups in total. The second kappa shape index (κ2) is 9.55. The summed E-state index contributed by atoms with van der Waals surface area (Å²) in [5.74, 6) is -0.912. The second-order valence-corrected chi connectivity index (χ2v) is 9.64. The van der Waals surface area contributed by atoms with E-state index in [0.29, 0.717) is 22.8 Å². The number of rotatable bonds is 8. The first-order valence-corrected chi connectivity index (χ1v) is 11.8. The van der Waals surface area contributed by atoms with Crippen LogP contribution in [0.5, 0.6) is 0 Å². The van der Waals surface area contributed by atoms with Gasteiger partial charge >= 0.3 is 5.69 Å². The number of nitro groups is 1. The van der Waals surface area contributed by atoms with E-state index >= 15 is 0 Å². The molecule has 1 amide bonds. The summed E-state index contributed by atoms with van der Waals surface area (Å²) < 4.78 is 29.1. The van der Waals surface area contributed by atoms with Crippen LogP contribution in [0, 0.1) is 43.7 Å².